The topological polar surface area (TPSA) is 73.4 Å². The van der Waals surface area contributed by atoms with E-state index >= 15 is 0 Å². The maximum atomic E-state index is 15.0. The zero-order valence-electron chi connectivity index (χ0n) is 19.9. The van der Waals surface area contributed by atoms with Crippen molar-refractivity contribution in [2.24, 2.45) is 0 Å². The highest BCUT2D eigenvalue weighted by molar-refractivity contribution is 5.95. The number of hydrogen-bond donors (Lipinski definition) is 2. The minimum atomic E-state index is -0.580. The van der Waals surface area contributed by atoms with E-state index in [4.69, 9.17) is 0 Å². The molecule has 0 spiro atoms. The quantitative estimate of drug-likeness (QED) is 0.402. The van der Waals surface area contributed by atoms with Gasteiger partial charge in [-0.1, -0.05) is 19.1 Å². The summed E-state index contributed by atoms with van der Waals surface area (Å²) in [5.74, 6) is -0.280. The highest BCUT2D eigenvalue weighted by Crippen LogP contribution is 2.42. The van der Waals surface area contributed by atoms with Crippen molar-refractivity contribution < 1.29 is 9.18 Å². The Kier molecular flexibility index (Phi) is 5.82. The van der Waals surface area contributed by atoms with Gasteiger partial charge in [-0.3, -0.25) is 19.8 Å². The van der Waals surface area contributed by atoms with Crippen molar-refractivity contribution >= 4 is 34.0 Å². The number of nitrogens with one attached hydrogen (secondary N) is 2. The summed E-state index contributed by atoms with van der Waals surface area (Å²) in [6.45, 7) is 6.65. The lowest BCUT2D eigenvalue weighted by molar-refractivity contribution is 0.0949. The molecule has 2 aromatic heterocycles. The Labute approximate surface area is 203 Å². The van der Waals surface area contributed by atoms with Gasteiger partial charge in [-0.25, -0.2) is 9.37 Å². The lowest BCUT2D eigenvalue weighted by Gasteiger charge is -2.37. The molecule has 4 aromatic rings. The lowest BCUT2D eigenvalue weighted by Crippen LogP contribution is -2.52. The summed E-state index contributed by atoms with van der Waals surface area (Å²) in [5.41, 5.74) is 6.24. The number of aromatic nitrogens is 2. The first-order valence-corrected chi connectivity index (χ1v) is 11.6. The van der Waals surface area contributed by atoms with Gasteiger partial charge >= 0.3 is 0 Å². The second-order valence-electron chi connectivity index (χ2n) is 9.01. The third-order valence-corrected chi connectivity index (χ3v) is 6.28. The average Bonchev–Trinajstić information content (AvgIpc) is 3.27. The zero-order chi connectivity index (χ0) is 24.6. The number of fused-ring (bicyclic) bond motifs is 2. The van der Waals surface area contributed by atoms with Crippen LogP contribution in [0.3, 0.4) is 0 Å². The van der Waals surface area contributed by atoms with Crippen molar-refractivity contribution in [2.75, 3.05) is 16.6 Å². The molecule has 35 heavy (non-hydrogen) atoms. The highest BCUT2D eigenvalue weighted by atomic mass is 19.1. The third kappa shape index (κ3) is 4.06. The first-order chi connectivity index (χ1) is 16.9. The normalized spacial score (nSPS) is 13.3. The fourth-order valence-corrected chi connectivity index (χ4v) is 4.27. The van der Waals surface area contributed by atoms with E-state index in [2.05, 4.69) is 46.8 Å². The Morgan fingerprint density at radius 3 is 2.66 bits per heavy atom. The van der Waals surface area contributed by atoms with Crippen LogP contribution >= 0.6 is 0 Å². The summed E-state index contributed by atoms with van der Waals surface area (Å²) in [4.78, 5) is 21.3. The molecular weight excluding hydrogens is 443 g/mol. The average molecular weight is 471 g/mol. The van der Waals surface area contributed by atoms with Crippen LogP contribution in [0, 0.1) is 5.82 Å². The fraction of sp³-hybridized carbons (Fsp3) is 0.222. The second-order valence-corrected chi connectivity index (χ2v) is 9.01. The Hall–Kier alpha value is -4.04. The third-order valence-electron chi connectivity index (χ3n) is 6.28. The molecule has 7 nitrogen and oxygen atoms in total. The molecule has 0 radical (unpaired) electrons. The predicted octanol–water partition coefficient (Wildman–Crippen LogP) is 5.22. The number of anilines is 3. The standard InChI is InChI=1S/C27H27FN6O/c1-4-13-31-26(35)21-11-10-20(17-22(21)28)33-24-8-6-15-30-25(24)34(32-33)27(2,3)19-9-12-23-18(16-19)7-5-14-29-23/h5-12,14-17,32H,4,13H2,1-3H3,(H,31,35). The van der Waals surface area contributed by atoms with Gasteiger partial charge in [-0.05, 0) is 74.4 Å². The van der Waals surface area contributed by atoms with Crippen LogP contribution in [0.25, 0.3) is 10.9 Å². The number of benzene rings is 2. The number of pyridine rings is 2. The van der Waals surface area contributed by atoms with E-state index < -0.39 is 17.3 Å². The molecule has 1 aliphatic heterocycles. The molecule has 0 atom stereocenters. The maximum Gasteiger partial charge on any atom is 0.254 e. The van der Waals surface area contributed by atoms with E-state index in [1.165, 1.54) is 12.1 Å². The predicted molar refractivity (Wildman–Crippen MR) is 136 cm³/mol. The Morgan fingerprint density at radius 2 is 1.86 bits per heavy atom. The van der Waals surface area contributed by atoms with Gasteiger partial charge in [0.1, 0.15) is 11.5 Å². The monoisotopic (exact) mass is 470 g/mol. The van der Waals surface area contributed by atoms with Crippen LogP contribution in [-0.2, 0) is 5.54 Å². The van der Waals surface area contributed by atoms with Gasteiger partial charge in [0.05, 0.1) is 22.3 Å². The second kappa shape index (κ2) is 8.96. The number of halogens is 1. The van der Waals surface area contributed by atoms with Crippen LogP contribution in [-0.4, -0.2) is 22.4 Å². The summed E-state index contributed by atoms with van der Waals surface area (Å²) in [7, 11) is 0. The number of hydrogen-bond acceptors (Lipinski definition) is 6. The van der Waals surface area contributed by atoms with Crippen LogP contribution in [0.4, 0.5) is 21.6 Å². The minimum Gasteiger partial charge on any atom is -0.352 e. The Bertz CT molecular complexity index is 1410. The molecular formula is C27H27FN6O. The molecule has 1 amide bonds. The first kappa shape index (κ1) is 22.7. The summed E-state index contributed by atoms with van der Waals surface area (Å²) in [6, 6.07) is 18.5. The molecule has 2 N–H and O–H groups in total. The van der Waals surface area contributed by atoms with Gasteiger partial charge in [-0.15, -0.1) is 5.53 Å². The van der Waals surface area contributed by atoms with Gasteiger partial charge in [0.15, 0.2) is 5.82 Å². The van der Waals surface area contributed by atoms with Crippen molar-refractivity contribution in [1.82, 2.24) is 20.8 Å². The SMILES string of the molecule is CCCNC(=O)c1ccc(N2NN(C(C)(C)c3ccc4ncccc4c3)c3ncccc32)cc1F. The molecule has 3 heterocycles. The van der Waals surface area contributed by atoms with Gasteiger partial charge in [0.2, 0.25) is 0 Å². The number of rotatable bonds is 6. The Morgan fingerprint density at radius 1 is 1.06 bits per heavy atom. The fourth-order valence-electron chi connectivity index (χ4n) is 4.27. The van der Waals surface area contributed by atoms with Crippen molar-refractivity contribution in [1.29, 1.82) is 0 Å². The number of carbonyl (C=O) groups excluding carboxylic acids is 1. The van der Waals surface area contributed by atoms with E-state index in [-0.39, 0.29) is 5.56 Å². The molecule has 1 aliphatic rings. The van der Waals surface area contributed by atoms with E-state index in [1.807, 2.05) is 42.3 Å². The van der Waals surface area contributed by atoms with Gasteiger partial charge in [-0.2, -0.15) is 0 Å². The summed E-state index contributed by atoms with van der Waals surface area (Å²) in [5, 5.41) is 7.52. The van der Waals surface area contributed by atoms with E-state index in [1.54, 1.807) is 23.5 Å². The molecule has 5 rings (SSSR count). The van der Waals surface area contributed by atoms with Crippen molar-refractivity contribution in [3.8, 4) is 0 Å². The van der Waals surface area contributed by atoms with Crippen LogP contribution in [0.1, 0.15) is 43.1 Å². The van der Waals surface area contributed by atoms with E-state index in [0.29, 0.717) is 18.1 Å². The van der Waals surface area contributed by atoms with Crippen molar-refractivity contribution in [3.63, 3.8) is 0 Å². The molecule has 0 bridgehead atoms. The van der Waals surface area contributed by atoms with Crippen LogP contribution in [0.5, 0.6) is 0 Å². The highest BCUT2D eigenvalue weighted by Gasteiger charge is 2.39. The van der Waals surface area contributed by atoms with Gasteiger partial charge in [0.25, 0.3) is 5.91 Å². The molecule has 0 unspecified atom stereocenters. The maximum absolute atomic E-state index is 15.0. The molecule has 0 fully saturated rings. The molecule has 178 valence electrons. The molecule has 0 aliphatic carbocycles. The summed E-state index contributed by atoms with van der Waals surface area (Å²) >= 11 is 0. The smallest absolute Gasteiger partial charge is 0.254 e. The van der Waals surface area contributed by atoms with Gasteiger partial charge in [0, 0.05) is 24.3 Å². The number of carbonyl (C=O) groups is 1. The van der Waals surface area contributed by atoms with E-state index in [0.717, 1.165) is 28.6 Å². The Balaban J connectivity index is 1.49. The zero-order valence-corrected chi connectivity index (χ0v) is 19.9. The minimum absolute atomic E-state index is 0.0229. The summed E-state index contributed by atoms with van der Waals surface area (Å²) in [6.07, 6.45) is 4.30. The molecule has 8 heteroatoms. The molecule has 2 aromatic carbocycles. The first-order valence-electron chi connectivity index (χ1n) is 11.6. The number of nitrogens with zero attached hydrogens (tertiary/aromatic N) is 4. The van der Waals surface area contributed by atoms with Crippen LogP contribution in [0.2, 0.25) is 0 Å². The van der Waals surface area contributed by atoms with Crippen molar-refractivity contribution in [3.05, 3.63) is 90.0 Å². The molecule has 0 saturated heterocycles. The number of hydrazine groups is 2. The summed E-state index contributed by atoms with van der Waals surface area (Å²) < 4.78 is 15.0. The lowest BCUT2D eigenvalue weighted by atomic mass is 9.92. The van der Waals surface area contributed by atoms with Crippen molar-refractivity contribution in [2.45, 2.75) is 32.7 Å². The largest absolute Gasteiger partial charge is 0.352 e. The number of amides is 1. The van der Waals surface area contributed by atoms with Gasteiger partial charge < -0.3 is 5.32 Å². The van der Waals surface area contributed by atoms with Crippen LogP contribution in [0.15, 0.2) is 73.1 Å². The molecule has 0 saturated carbocycles. The van der Waals surface area contributed by atoms with Crippen LogP contribution < -0.4 is 20.9 Å². The van der Waals surface area contributed by atoms with E-state index in [9.17, 15) is 9.18 Å².